The van der Waals surface area contributed by atoms with E-state index < -0.39 is 6.55 Å². The molecule has 0 radical (unpaired) electrons. The van der Waals surface area contributed by atoms with E-state index in [1.807, 2.05) is 10.3 Å². The summed E-state index contributed by atoms with van der Waals surface area (Å²) in [6, 6.07) is -0.240. The molecule has 6 nitrogen and oxygen atoms in total. The molecular formula is C14H17F2N5OS. The predicted octanol–water partition coefficient (Wildman–Crippen LogP) is 2.06. The lowest BCUT2D eigenvalue weighted by Gasteiger charge is -2.23. The Morgan fingerprint density at radius 1 is 1.43 bits per heavy atom. The SMILES string of the molecule is O=C(NCCc1nccn1C(F)F)C1CCCN1c1nccs1. The zero-order valence-electron chi connectivity index (χ0n) is 12.4. The lowest BCUT2D eigenvalue weighted by atomic mass is 10.2. The summed E-state index contributed by atoms with van der Waals surface area (Å²) >= 11 is 1.51. The van der Waals surface area contributed by atoms with Gasteiger partial charge < -0.3 is 10.2 Å². The van der Waals surface area contributed by atoms with Gasteiger partial charge in [-0.15, -0.1) is 11.3 Å². The number of carbonyl (C=O) groups is 1. The van der Waals surface area contributed by atoms with Gasteiger partial charge in [-0.2, -0.15) is 8.78 Å². The van der Waals surface area contributed by atoms with Crippen LogP contribution < -0.4 is 10.2 Å². The van der Waals surface area contributed by atoms with E-state index in [4.69, 9.17) is 0 Å². The number of rotatable bonds is 6. The molecule has 0 aromatic carbocycles. The number of anilines is 1. The van der Waals surface area contributed by atoms with Crippen LogP contribution in [0.25, 0.3) is 0 Å². The van der Waals surface area contributed by atoms with Gasteiger partial charge in [0.1, 0.15) is 11.9 Å². The number of amides is 1. The van der Waals surface area contributed by atoms with Gasteiger partial charge in [-0.25, -0.2) is 9.97 Å². The van der Waals surface area contributed by atoms with Gasteiger partial charge in [0.15, 0.2) is 5.13 Å². The van der Waals surface area contributed by atoms with Crippen LogP contribution in [0.15, 0.2) is 24.0 Å². The van der Waals surface area contributed by atoms with Crippen LogP contribution in [0, 0.1) is 0 Å². The van der Waals surface area contributed by atoms with Crippen molar-refractivity contribution in [1.82, 2.24) is 19.9 Å². The fraction of sp³-hybridized carbons (Fsp3) is 0.500. The number of halogens is 2. The molecule has 0 aliphatic carbocycles. The average molecular weight is 341 g/mol. The highest BCUT2D eigenvalue weighted by Crippen LogP contribution is 2.27. The summed E-state index contributed by atoms with van der Waals surface area (Å²) in [7, 11) is 0. The Hall–Kier alpha value is -2.03. The smallest absolute Gasteiger partial charge is 0.319 e. The number of hydrogen-bond acceptors (Lipinski definition) is 5. The second-order valence-corrected chi connectivity index (χ2v) is 6.11. The second-order valence-electron chi connectivity index (χ2n) is 5.24. The summed E-state index contributed by atoms with van der Waals surface area (Å²) in [6.07, 6.45) is 6.28. The van der Waals surface area contributed by atoms with Crippen molar-refractivity contribution >= 4 is 22.4 Å². The lowest BCUT2D eigenvalue weighted by Crippen LogP contribution is -2.44. The Kier molecular flexibility index (Phi) is 4.85. The maximum atomic E-state index is 12.7. The minimum absolute atomic E-state index is 0.0900. The Balaban J connectivity index is 1.54. The minimum Gasteiger partial charge on any atom is -0.354 e. The molecule has 2 aromatic heterocycles. The molecule has 1 unspecified atom stereocenters. The second kappa shape index (κ2) is 7.03. The minimum atomic E-state index is -2.61. The van der Waals surface area contributed by atoms with Gasteiger partial charge in [0.25, 0.3) is 0 Å². The van der Waals surface area contributed by atoms with Crippen LogP contribution in [0.3, 0.4) is 0 Å². The number of alkyl halides is 2. The molecule has 9 heteroatoms. The third kappa shape index (κ3) is 3.49. The summed E-state index contributed by atoms with van der Waals surface area (Å²) < 4.78 is 26.3. The Bertz CT molecular complexity index is 645. The third-order valence-corrected chi connectivity index (χ3v) is 4.64. The van der Waals surface area contributed by atoms with Crippen LogP contribution in [0.4, 0.5) is 13.9 Å². The van der Waals surface area contributed by atoms with Crippen molar-refractivity contribution in [2.24, 2.45) is 0 Å². The number of thiazole rings is 1. The van der Waals surface area contributed by atoms with Crippen molar-refractivity contribution in [2.45, 2.75) is 31.9 Å². The molecule has 0 spiro atoms. The van der Waals surface area contributed by atoms with Crippen molar-refractivity contribution in [3.05, 3.63) is 29.8 Å². The van der Waals surface area contributed by atoms with Crippen molar-refractivity contribution in [3.63, 3.8) is 0 Å². The van der Waals surface area contributed by atoms with E-state index in [-0.39, 0.29) is 30.7 Å². The van der Waals surface area contributed by atoms with E-state index in [9.17, 15) is 13.6 Å². The lowest BCUT2D eigenvalue weighted by molar-refractivity contribution is -0.122. The summed E-state index contributed by atoms with van der Waals surface area (Å²) in [4.78, 5) is 22.5. The number of nitrogens with zero attached hydrogens (tertiary/aromatic N) is 4. The Morgan fingerprint density at radius 3 is 3.04 bits per heavy atom. The first kappa shape index (κ1) is 15.9. The Morgan fingerprint density at radius 2 is 2.30 bits per heavy atom. The monoisotopic (exact) mass is 341 g/mol. The van der Waals surface area contributed by atoms with Crippen LogP contribution in [-0.4, -0.2) is 39.6 Å². The zero-order valence-corrected chi connectivity index (χ0v) is 13.2. The van der Waals surface area contributed by atoms with Gasteiger partial charge in [0, 0.05) is 43.5 Å². The maximum Gasteiger partial charge on any atom is 0.319 e. The van der Waals surface area contributed by atoms with Crippen molar-refractivity contribution in [2.75, 3.05) is 18.0 Å². The van der Waals surface area contributed by atoms with Crippen LogP contribution in [0.5, 0.6) is 0 Å². The third-order valence-electron chi connectivity index (χ3n) is 3.83. The molecule has 0 saturated carbocycles. The Labute approximate surface area is 136 Å². The highest BCUT2D eigenvalue weighted by atomic mass is 32.1. The summed E-state index contributed by atoms with van der Waals surface area (Å²) in [6.45, 7) is -1.52. The van der Waals surface area contributed by atoms with E-state index in [1.54, 1.807) is 6.20 Å². The van der Waals surface area contributed by atoms with Gasteiger partial charge >= 0.3 is 6.55 Å². The van der Waals surface area contributed by atoms with Gasteiger partial charge in [-0.05, 0) is 12.8 Å². The quantitative estimate of drug-likeness (QED) is 0.874. The number of carbonyl (C=O) groups excluding carboxylic acids is 1. The first-order valence-electron chi connectivity index (χ1n) is 7.40. The van der Waals surface area contributed by atoms with Gasteiger partial charge in [0.2, 0.25) is 5.91 Å². The number of imidazole rings is 1. The fourth-order valence-electron chi connectivity index (χ4n) is 2.76. The van der Waals surface area contributed by atoms with Crippen LogP contribution in [0.1, 0.15) is 25.2 Å². The van der Waals surface area contributed by atoms with Crippen molar-refractivity contribution in [3.8, 4) is 0 Å². The highest BCUT2D eigenvalue weighted by molar-refractivity contribution is 7.13. The molecule has 1 amide bonds. The van der Waals surface area contributed by atoms with Crippen LogP contribution >= 0.6 is 11.3 Å². The molecule has 1 atom stereocenters. The number of hydrogen-bond donors (Lipinski definition) is 1. The van der Waals surface area contributed by atoms with E-state index >= 15 is 0 Å². The van der Waals surface area contributed by atoms with Crippen molar-refractivity contribution in [1.29, 1.82) is 0 Å². The normalized spacial score (nSPS) is 17.9. The van der Waals surface area contributed by atoms with Gasteiger partial charge in [-0.1, -0.05) is 0 Å². The molecule has 2 aromatic rings. The average Bonchev–Trinajstić information content (AvgIpc) is 3.26. The van der Waals surface area contributed by atoms with E-state index in [0.717, 1.165) is 29.1 Å². The predicted molar refractivity (Wildman–Crippen MR) is 82.7 cm³/mol. The largest absolute Gasteiger partial charge is 0.354 e. The van der Waals surface area contributed by atoms with E-state index in [1.165, 1.54) is 23.7 Å². The molecular weight excluding hydrogens is 324 g/mol. The topological polar surface area (TPSA) is 63.1 Å². The molecule has 3 heterocycles. The number of aromatic nitrogens is 3. The molecule has 23 heavy (non-hydrogen) atoms. The molecule has 1 aliphatic heterocycles. The summed E-state index contributed by atoms with van der Waals surface area (Å²) in [5, 5.41) is 5.54. The fourth-order valence-corrected chi connectivity index (χ4v) is 3.48. The summed E-state index contributed by atoms with van der Waals surface area (Å²) in [5.74, 6) is 0.177. The standard InChI is InChI=1S/C14H17F2N5OS/c15-13(16)21-8-5-17-11(21)3-4-18-12(22)10-2-1-7-20(10)14-19-6-9-23-14/h5-6,8-10,13H,1-4,7H2,(H,18,22). The molecule has 1 fully saturated rings. The first-order chi connectivity index (χ1) is 11.2. The molecule has 1 N–H and O–H groups in total. The van der Waals surface area contributed by atoms with Gasteiger partial charge in [0.05, 0.1) is 0 Å². The van der Waals surface area contributed by atoms with Crippen LogP contribution in [-0.2, 0) is 11.2 Å². The maximum absolute atomic E-state index is 12.7. The van der Waals surface area contributed by atoms with Crippen LogP contribution in [0.2, 0.25) is 0 Å². The number of nitrogens with one attached hydrogen (secondary N) is 1. The van der Waals surface area contributed by atoms with E-state index in [2.05, 4.69) is 15.3 Å². The molecule has 1 aliphatic rings. The van der Waals surface area contributed by atoms with Gasteiger partial charge in [-0.3, -0.25) is 9.36 Å². The molecule has 124 valence electrons. The van der Waals surface area contributed by atoms with E-state index in [0.29, 0.717) is 0 Å². The zero-order chi connectivity index (χ0) is 16.2. The first-order valence-corrected chi connectivity index (χ1v) is 8.28. The van der Waals surface area contributed by atoms with Crippen molar-refractivity contribution < 1.29 is 13.6 Å². The highest BCUT2D eigenvalue weighted by Gasteiger charge is 2.31. The molecule has 1 saturated heterocycles. The summed E-state index contributed by atoms with van der Waals surface area (Å²) in [5.41, 5.74) is 0. The molecule has 0 bridgehead atoms. The molecule has 3 rings (SSSR count).